The number of hydrogen-bond donors (Lipinski definition) is 0. The smallest absolute Gasteiger partial charge is 0.0710 e. The molecule has 0 fully saturated rings. The van der Waals surface area contributed by atoms with Gasteiger partial charge in [-0.3, -0.25) is 0 Å². The Labute approximate surface area is 411 Å². The maximum atomic E-state index is 5.19. The van der Waals surface area contributed by atoms with Crippen molar-refractivity contribution in [2.24, 2.45) is 0 Å². The molecule has 3 nitrogen and oxygen atoms in total. The van der Waals surface area contributed by atoms with Crippen molar-refractivity contribution in [3.8, 4) is 56.1 Å². The van der Waals surface area contributed by atoms with Crippen LogP contribution in [0.3, 0.4) is 0 Å². The van der Waals surface area contributed by atoms with Crippen molar-refractivity contribution < 1.29 is 0 Å². The zero-order valence-corrected chi connectivity index (χ0v) is 39.3. The summed E-state index contributed by atoms with van der Waals surface area (Å²) in [4.78, 5) is 5.19. The van der Waals surface area contributed by atoms with Crippen LogP contribution in [-0.4, -0.2) is 14.1 Å². The number of thiophene rings is 2. The van der Waals surface area contributed by atoms with Gasteiger partial charge in [0.15, 0.2) is 0 Å². The first-order chi connectivity index (χ1) is 34.7. The van der Waals surface area contributed by atoms with E-state index in [-0.39, 0.29) is 0 Å². The van der Waals surface area contributed by atoms with Crippen LogP contribution in [0.1, 0.15) is 0 Å². The lowest BCUT2D eigenvalue weighted by molar-refractivity contribution is 1.17. The van der Waals surface area contributed by atoms with E-state index in [9.17, 15) is 0 Å². The maximum Gasteiger partial charge on any atom is 0.0710 e. The minimum atomic E-state index is 0.944. The molecule has 15 aromatic rings. The first-order valence-electron chi connectivity index (χ1n) is 23.8. The third-order valence-corrected chi connectivity index (χ3v) is 16.6. The van der Waals surface area contributed by atoms with Gasteiger partial charge in [-0.2, -0.15) is 0 Å². The van der Waals surface area contributed by atoms with Crippen LogP contribution >= 0.6 is 22.7 Å². The van der Waals surface area contributed by atoms with Gasteiger partial charge in [0, 0.05) is 84.4 Å². The summed E-state index contributed by atoms with van der Waals surface area (Å²) in [5.74, 6) is 0. The third-order valence-electron chi connectivity index (χ3n) is 14.3. The average Bonchev–Trinajstić information content (AvgIpc) is 4.18. The number of benzene rings is 10. The van der Waals surface area contributed by atoms with E-state index >= 15 is 0 Å². The number of aromatic nitrogens is 3. The van der Waals surface area contributed by atoms with Crippen LogP contribution in [0.15, 0.2) is 237 Å². The van der Waals surface area contributed by atoms with Crippen LogP contribution in [0, 0.1) is 0 Å². The summed E-state index contributed by atoms with van der Waals surface area (Å²) in [7, 11) is 0. The number of rotatable bonds is 6. The standard InChI is InChI=1S/C65H39N3S2/c1-2-14-40(15-3-1)55-22-13-23-56(66-55)43-16-12-17-46(35-43)68-57-24-8-4-18-48(57)51-30-31-59-64(65(51)68)52-21-5-9-25-58(52)67(59)47-36-44(41-28-32-62-53(38-41)49-19-6-10-26-60(49)69-62)34-45(37-47)42-29-33-63-54(39-42)50-20-7-11-27-61(50)70-63/h1-39H. The molecule has 15 rings (SSSR count). The van der Waals surface area contributed by atoms with E-state index in [4.69, 9.17) is 4.98 Å². The molecule has 5 aromatic heterocycles. The molecule has 0 unspecified atom stereocenters. The molecule has 0 radical (unpaired) electrons. The Hall–Kier alpha value is -8.61. The number of hydrogen-bond acceptors (Lipinski definition) is 3. The summed E-state index contributed by atoms with van der Waals surface area (Å²) in [6.45, 7) is 0. The average molecular weight is 926 g/mol. The molecule has 0 amide bonds. The molecule has 0 bridgehead atoms. The first kappa shape index (κ1) is 39.4. The minimum absolute atomic E-state index is 0.944. The molecule has 0 atom stereocenters. The molecule has 0 aliphatic carbocycles. The minimum Gasteiger partial charge on any atom is -0.309 e. The van der Waals surface area contributed by atoms with Gasteiger partial charge in [0.2, 0.25) is 0 Å². The van der Waals surface area contributed by atoms with Crippen molar-refractivity contribution in [1.82, 2.24) is 14.1 Å². The Balaban J connectivity index is 0.982. The van der Waals surface area contributed by atoms with Crippen LogP contribution in [0.25, 0.3) is 140 Å². The van der Waals surface area contributed by atoms with Gasteiger partial charge in [-0.15, -0.1) is 22.7 Å². The summed E-state index contributed by atoms with van der Waals surface area (Å²) >= 11 is 3.73. The van der Waals surface area contributed by atoms with Gasteiger partial charge in [0.25, 0.3) is 0 Å². The highest BCUT2D eigenvalue weighted by Crippen LogP contribution is 2.45. The SMILES string of the molecule is c1ccc(-c2cccc(-c3cccc(-n4c5ccccc5c5ccc6c(c7ccccc7n6-c6cc(-c7ccc8sc9ccccc9c8c7)cc(-c7ccc8sc9ccccc9c8c7)c6)c54)c3)n2)cc1. The van der Waals surface area contributed by atoms with Crippen LogP contribution < -0.4 is 0 Å². The van der Waals surface area contributed by atoms with Crippen molar-refractivity contribution in [2.45, 2.75) is 0 Å². The van der Waals surface area contributed by atoms with Crippen molar-refractivity contribution in [3.05, 3.63) is 237 Å². The van der Waals surface area contributed by atoms with Crippen LogP contribution in [0.4, 0.5) is 0 Å². The molecule has 5 heteroatoms. The molecule has 0 saturated carbocycles. The first-order valence-corrected chi connectivity index (χ1v) is 25.4. The molecule has 70 heavy (non-hydrogen) atoms. The quantitative estimate of drug-likeness (QED) is 0.163. The zero-order valence-electron chi connectivity index (χ0n) is 37.7. The number of pyridine rings is 1. The molecular formula is C65H39N3S2. The highest BCUT2D eigenvalue weighted by atomic mass is 32.1. The lowest BCUT2D eigenvalue weighted by atomic mass is 9.96. The monoisotopic (exact) mass is 925 g/mol. The van der Waals surface area contributed by atoms with Crippen LogP contribution in [-0.2, 0) is 0 Å². The third kappa shape index (κ3) is 6.09. The van der Waals surface area contributed by atoms with Gasteiger partial charge in [-0.1, -0.05) is 140 Å². The lowest BCUT2D eigenvalue weighted by Crippen LogP contribution is -1.97. The molecule has 5 heterocycles. The molecule has 0 saturated heterocycles. The maximum absolute atomic E-state index is 5.19. The van der Waals surface area contributed by atoms with Crippen molar-refractivity contribution in [2.75, 3.05) is 0 Å². The van der Waals surface area contributed by atoms with Crippen molar-refractivity contribution in [1.29, 1.82) is 0 Å². The zero-order chi connectivity index (χ0) is 45.9. The Kier molecular flexibility index (Phi) is 8.70. The molecule has 0 aliphatic rings. The van der Waals surface area contributed by atoms with E-state index in [1.54, 1.807) is 0 Å². The summed E-state index contributed by atoms with van der Waals surface area (Å²) in [5.41, 5.74) is 15.8. The predicted molar refractivity (Wildman–Crippen MR) is 300 cm³/mol. The molecule has 326 valence electrons. The largest absolute Gasteiger partial charge is 0.309 e. The highest BCUT2D eigenvalue weighted by Gasteiger charge is 2.22. The fourth-order valence-corrected chi connectivity index (χ4v) is 13.3. The van der Waals surface area contributed by atoms with Gasteiger partial charge >= 0.3 is 0 Å². The molecular weight excluding hydrogens is 887 g/mol. The summed E-state index contributed by atoms with van der Waals surface area (Å²) in [5, 5.41) is 10.1. The Morgan fingerprint density at radius 1 is 0.271 bits per heavy atom. The van der Waals surface area contributed by atoms with Crippen LogP contribution in [0.2, 0.25) is 0 Å². The molecule has 10 aromatic carbocycles. The lowest BCUT2D eigenvalue weighted by Gasteiger charge is -2.15. The van der Waals surface area contributed by atoms with Gasteiger partial charge in [-0.25, -0.2) is 4.98 Å². The highest BCUT2D eigenvalue weighted by molar-refractivity contribution is 7.26. The van der Waals surface area contributed by atoms with E-state index < -0.39 is 0 Å². The Morgan fingerprint density at radius 2 is 0.800 bits per heavy atom. The van der Waals surface area contributed by atoms with E-state index in [0.717, 1.165) is 39.4 Å². The van der Waals surface area contributed by atoms with E-state index in [1.165, 1.54) is 101 Å². The van der Waals surface area contributed by atoms with Crippen molar-refractivity contribution in [3.63, 3.8) is 0 Å². The fraction of sp³-hybridized carbons (Fsp3) is 0. The second-order valence-electron chi connectivity index (χ2n) is 18.3. The molecule has 0 aliphatic heterocycles. The summed E-state index contributed by atoms with van der Waals surface area (Å²) < 4.78 is 10.2. The van der Waals surface area contributed by atoms with E-state index in [1.807, 2.05) is 28.7 Å². The number of fused-ring (bicyclic) bond motifs is 13. The normalized spacial score (nSPS) is 12.0. The van der Waals surface area contributed by atoms with E-state index in [2.05, 4.69) is 240 Å². The van der Waals surface area contributed by atoms with Crippen LogP contribution in [0.5, 0.6) is 0 Å². The van der Waals surface area contributed by atoms with Gasteiger partial charge in [0.05, 0.1) is 33.5 Å². The number of nitrogens with zero attached hydrogens (tertiary/aromatic N) is 3. The fourth-order valence-electron chi connectivity index (χ4n) is 11.1. The van der Waals surface area contributed by atoms with E-state index in [0.29, 0.717) is 0 Å². The molecule has 0 spiro atoms. The number of para-hydroxylation sites is 2. The Morgan fingerprint density at radius 3 is 1.49 bits per heavy atom. The predicted octanol–water partition coefficient (Wildman–Crippen LogP) is 18.7. The van der Waals surface area contributed by atoms with Gasteiger partial charge in [0.1, 0.15) is 0 Å². The summed E-state index contributed by atoms with van der Waals surface area (Å²) in [6, 6.07) is 87.0. The van der Waals surface area contributed by atoms with Gasteiger partial charge < -0.3 is 9.13 Å². The molecule has 0 N–H and O–H groups in total. The topological polar surface area (TPSA) is 22.8 Å². The Bertz CT molecular complexity index is 4470. The summed E-state index contributed by atoms with van der Waals surface area (Å²) in [6.07, 6.45) is 0. The second kappa shape index (κ2) is 15.5. The van der Waals surface area contributed by atoms with Gasteiger partial charge in [-0.05, 0) is 119 Å². The van der Waals surface area contributed by atoms with Crippen molar-refractivity contribution >= 4 is 107 Å². The second-order valence-corrected chi connectivity index (χ2v) is 20.4.